The summed E-state index contributed by atoms with van der Waals surface area (Å²) >= 11 is 0. The molecule has 2 aliphatic carbocycles. The van der Waals surface area contributed by atoms with Crippen LogP contribution in [0.2, 0.25) is 0 Å². The maximum absolute atomic E-state index is 13.4. The average Bonchev–Trinajstić information content (AvgIpc) is 3.94. The summed E-state index contributed by atoms with van der Waals surface area (Å²) in [6.45, 7) is 11.9. The molecule has 18 nitrogen and oxygen atoms in total. The number of piperazine rings is 2. The van der Waals surface area contributed by atoms with Crippen molar-refractivity contribution in [1.29, 1.82) is 0 Å². The lowest BCUT2D eigenvalue weighted by Gasteiger charge is -2.56. The van der Waals surface area contributed by atoms with Gasteiger partial charge in [0, 0.05) is 107 Å². The van der Waals surface area contributed by atoms with Gasteiger partial charge in [0.15, 0.2) is 17.0 Å². The molecule has 3 aromatic carbocycles. The molecule has 5 amide bonds. The molecule has 3 N–H and O–H groups in total. The zero-order chi connectivity index (χ0) is 50.3. The standard InChI is InChI=1S/C56H65N13O5/c70-48-15-14-47(53(72)62-48)69-54(73)45-13-12-42(33-46(45)55(69)74)66-24-22-64(23-25-66)19-5-4-18-63-20-16-56(17-21-63)34-44(35-56)67-28-26-65(27-29-67)41-10-8-39(9-11-41)61-51-50-52(58-36-57-51)68(37-59-50)43-31-40(32-43)60-49(71)30-38-6-2-1-3-7-38/h1-13,33,36-37,40,43-44,47H,14-32,34-35H2,(H,60,71)(H,57,58,61)(H,62,70,72)/t40?,43?,47-/m0/s1. The molecule has 18 heteroatoms. The van der Waals surface area contributed by atoms with Gasteiger partial charge in [-0.2, -0.15) is 0 Å². The number of carbonyl (C=O) groups is 5. The summed E-state index contributed by atoms with van der Waals surface area (Å²) in [5.74, 6) is -1.18. The Kier molecular flexibility index (Phi) is 13.2. The third-order valence-electron chi connectivity index (χ3n) is 17.1. The van der Waals surface area contributed by atoms with Gasteiger partial charge in [0.25, 0.3) is 11.8 Å². The van der Waals surface area contributed by atoms with E-state index in [0.29, 0.717) is 34.8 Å². The normalized spacial score (nSPS) is 23.8. The van der Waals surface area contributed by atoms with Crippen molar-refractivity contribution in [3.05, 3.63) is 114 Å². The number of hydrogen-bond acceptors (Lipinski definition) is 14. The van der Waals surface area contributed by atoms with Gasteiger partial charge < -0.3 is 25.0 Å². The number of nitrogens with zero attached hydrogens (tertiary/aromatic N) is 10. The molecule has 2 aromatic heterocycles. The first-order valence-corrected chi connectivity index (χ1v) is 26.7. The molecule has 7 aliphatic rings. The molecule has 7 heterocycles. The number of imide groups is 2. The predicted molar refractivity (Wildman–Crippen MR) is 281 cm³/mol. The molecule has 5 aliphatic heterocycles. The highest BCUT2D eigenvalue weighted by Crippen LogP contribution is 2.51. The quantitative estimate of drug-likeness (QED) is 0.102. The van der Waals surface area contributed by atoms with Gasteiger partial charge >= 0.3 is 0 Å². The third kappa shape index (κ3) is 9.77. The van der Waals surface area contributed by atoms with Gasteiger partial charge in [-0.1, -0.05) is 42.5 Å². The Bertz CT molecular complexity index is 2940. The Morgan fingerprint density at radius 1 is 0.716 bits per heavy atom. The van der Waals surface area contributed by atoms with E-state index in [2.05, 4.69) is 91.4 Å². The maximum atomic E-state index is 13.4. The van der Waals surface area contributed by atoms with Crippen molar-refractivity contribution in [2.45, 2.75) is 82.0 Å². The van der Waals surface area contributed by atoms with Crippen LogP contribution < -0.4 is 25.8 Å². The van der Waals surface area contributed by atoms with E-state index in [9.17, 15) is 24.0 Å². The van der Waals surface area contributed by atoms with Crippen molar-refractivity contribution in [3.8, 4) is 0 Å². The van der Waals surface area contributed by atoms with Crippen molar-refractivity contribution in [2.24, 2.45) is 5.41 Å². The van der Waals surface area contributed by atoms with Crippen LogP contribution in [0.5, 0.6) is 0 Å². The second kappa shape index (κ2) is 20.4. The zero-order valence-electron chi connectivity index (χ0n) is 41.9. The van der Waals surface area contributed by atoms with Crippen LogP contribution in [0.1, 0.15) is 83.7 Å². The Morgan fingerprint density at radius 2 is 1.39 bits per heavy atom. The van der Waals surface area contributed by atoms with Gasteiger partial charge in [-0.25, -0.2) is 15.0 Å². The lowest BCUT2D eigenvalue weighted by Crippen LogP contribution is -2.59. The number of anilines is 4. The van der Waals surface area contributed by atoms with Crippen LogP contribution in [0.15, 0.2) is 97.6 Å². The van der Waals surface area contributed by atoms with Gasteiger partial charge in [0.2, 0.25) is 17.7 Å². The number of likely N-dealkylation sites (tertiary alicyclic amines) is 1. The number of rotatable bonds is 14. The van der Waals surface area contributed by atoms with Gasteiger partial charge in [-0.05, 0) is 111 Å². The van der Waals surface area contributed by atoms with Crippen LogP contribution in [0, 0.1) is 5.41 Å². The number of piperidine rings is 2. The fourth-order valence-corrected chi connectivity index (χ4v) is 12.5. The first-order valence-electron chi connectivity index (χ1n) is 26.7. The molecule has 74 heavy (non-hydrogen) atoms. The Morgan fingerprint density at radius 3 is 2.12 bits per heavy atom. The zero-order valence-corrected chi connectivity index (χ0v) is 41.9. The minimum Gasteiger partial charge on any atom is -0.369 e. The van der Waals surface area contributed by atoms with Gasteiger partial charge in [-0.3, -0.25) is 48.9 Å². The molecule has 6 fully saturated rings. The molecule has 4 saturated heterocycles. The van der Waals surface area contributed by atoms with Crippen molar-refractivity contribution in [3.63, 3.8) is 0 Å². The van der Waals surface area contributed by atoms with Crippen LogP contribution in [0.4, 0.5) is 22.9 Å². The van der Waals surface area contributed by atoms with E-state index in [1.165, 1.54) is 44.5 Å². The van der Waals surface area contributed by atoms with Gasteiger partial charge in [0.1, 0.15) is 12.4 Å². The summed E-state index contributed by atoms with van der Waals surface area (Å²) in [4.78, 5) is 90.7. The molecule has 0 bridgehead atoms. The second-order valence-corrected chi connectivity index (χ2v) is 21.6. The van der Waals surface area contributed by atoms with E-state index in [0.717, 1.165) is 111 Å². The van der Waals surface area contributed by atoms with Gasteiger partial charge in [0.05, 0.1) is 23.9 Å². The monoisotopic (exact) mass is 1000 g/mol. The van der Waals surface area contributed by atoms with Crippen LogP contribution in [0.25, 0.3) is 11.2 Å². The highest BCUT2D eigenvalue weighted by molar-refractivity contribution is 6.23. The number of aromatic nitrogens is 4. The van der Waals surface area contributed by atoms with Crippen molar-refractivity contribution in [1.82, 2.24) is 49.8 Å². The van der Waals surface area contributed by atoms with Crippen molar-refractivity contribution in [2.75, 3.05) is 93.7 Å². The molecule has 0 unspecified atom stereocenters. The lowest BCUT2D eigenvalue weighted by molar-refractivity contribution is -0.136. The molecular weight excluding hydrogens is 935 g/mol. The molecule has 1 spiro atoms. The Labute approximate surface area is 431 Å². The number of carbonyl (C=O) groups excluding carboxylic acids is 5. The summed E-state index contributed by atoms with van der Waals surface area (Å²) in [6.07, 6.45) is 15.7. The molecule has 384 valence electrons. The number of amides is 5. The minimum absolute atomic E-state index is 0.0560. The minimum atomic E-state index is -0.961. The smallest absolute Gasteiger partial charge is 0.262 e. The van der Waals surface area contributed by atoms with E-state index in [1.807, 2.05) is 42.7 Å². The highest BCUT2D eigenvalue weighted by Gasteiger charge is 2.48. The second-order valence-electron chi connectivity index (χ2n) is 21.6. The number of fused-ring (bicyclic) bond motifs is 2. The van der Waals surface area contributed by atoms with Crippen LogP contribution in [-0.4, -0.2) is 165 Å². The predicted octanol–water partition coefficient (Wildman–Crippen LogP) is 4.78. The van der Waals surface area contributed by atoms with E-state index < -0.39 is 23.8 Å². The Hall–Kier alpha value is -7.02. The van der Waals surface area contributed by atoms with Gasteiger partial charge in [-0.15, -0.1) is 0 Å². The molecular formula is C56H65N13O5. The van der Waals surface area contributed by atoms with Crippen molar-refractivity contribution >= 4 is 63.6 Å². The summed E-state index contributed by atoms with van der Waals surface area (Å²) < 4.78 is 2.12. The fourth-order valence-electron chi connectivity index (χ4n) is 12.5. The Balaban J connectivity index is 0.536. The topological polar surface area (TPSA) is 184 Å². The average molecular weight is 1000 g/mol. The van der Waals surface area contributed by atoms with Crippen LogP contribution in [-0.2, 0) is 20.8 Å². The van der Waals surface area contributed by atoms with E-state index in [4.69, 9.17) is 4.98 Å². The van der Waals surface area contributed by atoms with Crippen LogP contribution in [0.3, 0.4) is 0 Å². The van der Waals surface area contributed by atoms with Crippen molar-refractivity contribution < 1.29 is 24.0 Å². The highest BCUT2D eigenvalue weighted by atomic mass is 16.2. The number of nitrogens with one attached hydrogen (secondary N) is 3. The summed E-state index contributed by atoms with van der Waals surface area (Å²) in [6, 6.07) is 24.0. The number of imidazole rings is 1. The lowest BCUT2D eigenvalue weighted by atomic mass is 9.60. The maximum Gasteiger partial charge on any atom is 0.262 e. The third-order valence-corrected chi connectivity index (χ3v) is 17.1. The SMILES string of the molecule is O=C1CC[C@H](N2C(=O)c3ccc(N4CCN(CC=CCN5CCC6(CC5)CC(N5CCN(c7ccc(Nc8ncnc9c8ncn9C8CC(NC(=O)Cc9ccccc9)C8)cc7)CC5)C6)CC4)cc3C2=O)C(=O)N1. The molecule has 12 rings (SSSR count). The number of hydrogen-bond donors (Lipinski definition) is 3. The van der Waals surface area contributed by atoms with E-state index in [1.54, 1.807) is 18.5 Å². The molecule has 1 atom stereocenters. The molecule has 5 aromatic rings. The first kappa shape index (κ1) is 48.0. The number of benzene rings is 3. The summed E-state index contributed by atoms with van der Waals surface area (Å²) in [7, 11) is 0. The molecule has 2 saturated carbocycles. The summed E-state index contributed by atoms with van der Waals surface area (Å²) in [5, 5.41) is 8.93. The van der Waals surface area contributed by atoms with E-state index in [-0.39, 0.29) is 36.7 Å². The first-order chi connectivity index (χ1) is 36.1. The summed E-state index contributed by atoms with van der Waals surface area (Å²) in [5.41, 5.74) is 6.80. The van der Waals surface area contributed by atoms with E-state index >= 15 is 0 Å². The fraction of sp³-hybridized carbons (Fsp3) is 0.464. The molecule has 0 radical (unpaired) electrons. The van der Waals surface area contributed by atoms with Crippen LogP contribution >= 0.6 is 0 Å². The largest absolute Gasteiger partial charge is 0.369 e.